The first-order chi connectivity index (χ1) is 17.4. The summed E-state index contributed by atoms with van der Waals surface area (Å²) >= 11 is 0. The molecule has 1 aliphatic rings. The molecule has 3 N–H and O–H groups in total. The van der Waals surface area contributed by atoms with Gasteiger partial charge in [-0.1, -0.05) is 6.07 Å². The van der Waals surface area contributed by atoms with E-state index in [0.717, 1.165) is 11.6 Å². The van der Waals surface area contributed by atoms with E-state index in [4.69, 9.17) is 15.2 Å². The summed E-state index contributed by atoms with van der Waals surface area (Å²) in [6.07, 6.45) is 0.163. The summed E-state index contributed by atoms with van der Waals surface area (Å²) < 4.78 is 24.7. The summed E-state index contributed by atoms with van der Waals surface area (Å²) in [6, 6.07) is 8.43. The van der Waals surface area contributed by atoms with Gasteiger partial charge in [0.05, 0.1) is 18.6 Å². The zero-order valence-electron chi connectivity index (χ0n) is 21.2. The number of benzene rings is 2. The number of nitrogens with two attached hydrogens (primary N) is 1. The van der Waals surface area contributed by atoms with Crippen LogP contribution in [-0.4, -0.2) is 41.8 Å². The molecular formula is C27H30FN3O6. The number of rotatable bonds is 6. The SMILES string of the molecule is CCOC(=O)CC1CCc2cc(NC(=O)c3ccc(C(N)=NC(=O)OC(C)(C)C)cc3F)ccc2C1=O. The molecule has 0 spiro atoms. The highest BCUT2D eigenvalue weighted by atomic mass is 19.1. The van der Waals surface area contributed by atoms with Crippen LogP contribution >= 0.6 is 0 Å². The molecule has 2 amide bonds. The highest BCUT2D eigenvalue weighted by molar-refractivity contribution is 6.07. The Balaban J connectivity index is 1.70. The summed E-state index contributed by atoms with van der Waals surface area (Å²) in [4.78, 5) is 52.7. The summed E-state index contributed by atoms with van der Waals surface area (Å²) in [7, 11) is 0. The molecule has 196 valence electrons. The van der Waals surface area contributed by atoms with Crippen molar-refractivity contribution in [1.82, 2.24) is 0 Å². The van der Waals surface area contributed by atoms with Gasteiger partial charge >= 0.3 is 12.1 Å². The Hall–Kier alpha value is -4.08. The Kier molecular flexibility index (Phi) is 8.42. The number of halogens is 1. The number of esters is 1. The Bertz CT molecular complexity index is 1270. The topological polar surface area (TPSA) is 137 Å². The number of amidine groups is 1. The Labute approximate surface area is 214 Å². The number of anilines is 1. The number of hydrogen-bond donors (Lipinski definition) is 2. The molecule has 37 heavy (non-hydrogen) atoms. The maximum absolute atomic E-state index is 14.7. The molecule has 0 aromatic heterocycles. The first-order valence-corrected chi connectivity index (χ1v) is 11.9. The van der Waals surface area contributed by atoms with Crippen molar-refractivity contribution in [3.8, 4) is 0 Å². The molecular weight excluding hydrogens is 481 g/mol. The van der Waals surface area contributed by atoms with Crippen LogP contribution < -0.4 is 11.1 Å². The van der Waals surface area contributed by atoms with E-state index in [2.05, 4.69) is 10.3 Å². The summed E-state index contributed by atoms with van der Waals surface area (Å²) in [5.74, 6) is -2.79. The summed E-state index contributed by atoms with van der Waals surface area (Å²) in [5, 5.41) is 2.63. The molecule has 1 atom stereocenters. The number of nitrogens with one attached hydrogen (secondary N) is 1. The van der Waals surface area contributed by atoms with Crippen LogP contribution in [0.2, 0.25) is 0 Å². The monoisotopic (exact) mass is 511 g/mol. The number of amides is 2. The third kappa shape index (κ3) is 7.22. The average Bonchev–Trinajstić information content (AvgIpc) is 2.79. The van der Waals surface area contributed by atoms with Crippen molar-refractivity contribution in [1.29, 1.82) is 0 Å². The molecule has 10 heteroatoms. The van der Waals surface area contributed by atoms with Crippen LogP contribution in [0, 0.1) is 11.7 Å². The van der Waals surface area contributed by atoms with E-state index in [9.17, 15) is 23.6 Å². The number of carbonyl (C=O) groups excluding carboxylic acids is 4. The van der Waals surface area contributed by atoms with Gasteiger partial charge in [0.1, 0.15) is 17.3 Å². The molecule has 0 saturated carbocycles. The minimum atomic E-state index is -0.912. The standard InChI is InChI=1S/C27H30FN3O6/c1-5-36-22(32)14-16-7-6-15-12-18(9-11-19(15)23(16)33)30-25(34)20-10-8-17(13-21(20)28)24(29)31-26(35)37-27(2,3)4/h8-13,16H,5-7,14H2,1-4H3,(H,30,34)(H2,29,31,35). The second-order valence-corrected chi connectivity index (χ2v) is 9.61. The van der Waals surface area contributed by atoms with Crippen LogP contribution in [0.25, 0.3) is 0 Å². The molecule has 0 bridgehead atoms. The molecule has 1 unspecified atom stereocenters. The van der Waals surface area contributed by atoms with E-state index in [1.807, 2.05) is 0 Å². The van der Waals surface area contributed by atoms with Crippen molar-refractivity contribution in [3.63, 3.8) is 0 Å². The molecule has 0 radical (unpaired) electrons. The molecule has 2 aromatic rings. The Morgan fingerprint density at radius 2 is 1.89 bits per heavy atom. The Morgan fingerprint density at radius 3 is 2.54 bits per heavy atom. The van der Waals surface area contributed by atoms with E-state index < -0.39 is 35.3 Å². The fourth-order valence-corrected chi connectivity index (χ4v) is 3.92. The van der Waals surface area contributed by atoms with Crippen LogP contribution in [0.1, 0.15) is 72.4 Å². The number of ether oxygens (including phenoxy) is 2. The van der Waals surface area contributed by atoms with Gasteiger partial charge in [0.2, 0.25) is 0 Å². The van der Waals surface area contributed by atoms with Crippen molar-refractivity contribution in [2.24, 2.45) is 16.6 Å². The molecule has 0 fully saturated rings. The third-order valence-corrected chi connectivity index (χ3v) is 5.59. The molecule has 0 aliphatic heterocycles. The number of fused-ring (bicyclic) bond motifs is 1. The van der Waals surface area contributed by atoms with E-state index in [1.165, 1.54) is 12.1 Å². The van der Waals surface area contributed by atoms with Crippen molar-refractivity contribution in [2.75, 3.05) is 11.9 Å². The van der Waals surface area contributed by atoms with Gasteiger partial charge in [-0.25, -0.2) is 9.18 Å². The number of carbonyl (C=O) groups is 4. The van der Waals surface area contributed by atoms with Gasteiger partial charge in [-0.3, -0.25) is 14.4 Å². The maximum Gasteiger partial charge on any atom is 0.436 e. The molecule has 9 nitrogen and oxygen atoms in total. The Morgan fingerprint density at radius 1 is 1.16 bits per heavy atom. The molecule has 1 aliphatic carbocycles. The third-order valence-electron chi connectivity index (χ3n) is 5.59. The van der Waals surface area contributed by atoms with E-state index >= 15 is 0 Å². The van der Waals surface area contributed by atoms with Crippen LogP contribution in [0.5, 0.6) is 0 Å². The lowest BCUT2D eigenvalue weighted by atomic mass is 9.81. The predicted octanol–water partition coefficient (Wildman–Crippen LogP) is 4.42. The lowest BCUT2D eigenvalue weighted by Crippen LogP contribution is -2.26. The quantitative estimate of drug-likeness (QED) is 0.333. The summed E-state index contributed by atoms with van der Waals surface area (Å²) in [6.45, 7) is 6.99. The van der Waals surface area contributed by atoms with Gasteiger partial charge in [-0.15, -0.1) is 0 Å². The summed E-state index contributed by atoms with van der Waals surface area (Å²) in [5.41, 5.74) is 6.54. The van der Waals surface area contributed by atoms with Gasteiger partial charge in [0.15, 0.2) is 5.78 Å². The second kappa shape index (κ2) is 11.3. The van der Waals surface area contributed by atoms with Crippen LogP contribution in [0.3, 0.4) is 0 Å². The lowest BCUT2D eigenvalue weighted by Gasteiger charge is -2.23. The van der Waals surface area contributed by atoms with Gasteiger partial charge in [-0.2, -0.15) is 4.99 Å². The number of aliphatic imine (C=N–C) groups is 1. The van der Waals surface area contributed by atoms with E-state index in [0.29, 0.717) is 24.1 Å². The molecule has 2 aromatic carbocycles. The average molecular weight is 512 g/mol. The van der Waals surface area contributed by atoms with Crippen molar-refractivity contribution < 1.29 is 33.0 Å². The zero-order chi connectivity index (χ0) is 27.3. The largest absolute Gasteiger partial charge is 0.466 e. The predicted molar refractivity (Wildman–Crippen MR) is 135 cm³/mol. The van der Waals surface area contributed by atoms with E-state index in [1.54, 1.807) is 45.9 Å². The van der Waals surface area contributed by atoms with Crippen molar-refractivity contribution in [3.05, 3.63) is 64.5 Å². The first-order valence-electron chi connectivity index (χ1n) is 11.9. The highest BCUT2D eigenvalue weighted by Crippen LogP contribution is 2.30. The second-order valence-electron chi connectivity index (χ2n) is 9.61. The van der Waals surface area contributed by atoms with Crippen LogP contribution in [0.15, 0.2) is 41.4 Å². The minimum Gasteiger partial charge on any atom is -0.466 e. The highest BCUT2D eigenvalue weighted by Gasteiger charge is 2.30. The molecule has 0 heterocycles. The number of hydrogen-bond acceptors (Lipinski definition) is 6. The number of ketones is 1. The van der Waals surface area contributed by atoms with Crippen molar-refractivity contribution in [2.45, 2.75) is 52.6 Å². The minimum absolute atomic E-state index is 0.0346. The first kappa shape index (κ1) is 27.5. The van der Waals surface area contributed by atoms with Crippen molar-refractivity contribution >= 4 is 35.3 Å². The maximum atomic E-state index is 14.7. The normalized spacial score (nSPS) is 15.5. The van der Waals surface area contributed by atoms with E-state index in [-0.39, 0.29) is 35.8 Å². The zero-order valence-corrected chi connectivity index (χ0v) is 21.2. The van der Waals surface area contributed by atoms with Crippen LogP contribution in [0.4, 0.5) is 14.9 Å². The van der Waals surface area contributed by atoms with Gasteiger partial charge in [0.25, 0.3) is 5.91 Å². The smallest absolute Gasteiger partial charge is 0.436 e. The molecule has 3 rings (SSSR count). The number of Topliss-reactive ketones (excluding diaryl/α,β-unsaturated/α-hetero) is 1. The number of aryl methyl sites for hydroxylation is 1. The van der Waals surface area contributed by atoms with Gasteiger partial charge in [-0.05, 0) is 76.4 Å². The van der Waals surface area contributed by atoms with Gasteiger partial charge < -0.3 is 20.5 Å². The lowest BCUT2D eigenvalue weighted by molar-refractivity contribution is -0.144. The van der Waals surface area contributed by atoms with Gasteiger partial charge in [0, 0.05) is 22.7 Å². The molecule has 0 saturated heterocycles. The number of nitrogens with zero attached hydrogens (tertiary/aromatic N) is 1. The fraction of sp³-hybridized carbons (Fsp3) is 0.370. The fourth-order valence-electron chi connectivity index (χ4n) is 3.92. The van der Waals surface area contributed by atoms with Crippen LogP contribution in [-0.2, 0) is 20.7 Å².